The molecule has 4 heavy (non-hydrogen) atoms. The zero-order valence-corrected chi connectivity index (χ0v) is 6.41. The molecule has 0 saturated carbocycles. The van der Waals surface area contributed by atoms with E-state index < -0.39 is 0 Å². The van der Waals surface area contributed by atoms with Crippen molar-refractivity contribution in [1.29, 1.82) is 0 Å². The minimum absolute atomic E-state index is 0. The van der Waals surface area contributed by atoms with E-state index in [0.717, 1.165) is 5.33 Å². The average Bonchev–Trinajstić information content (AvgIpc) is 0.918. The predicted molar refractivity (Wildman–Crippen MR) is 25.2 cm³/mol. The SMILES string of the molecule is CCBr.[Te]. The molecule has 0 aromatic carbocycles. The van der Waals surface area contributed by atoms with E-state index in [1.165, 1.54) is 0 Å². The van der Waals surface area contributed by atoms with Crippen LogP contribution in [-0.4, -0.2) is 29.0 Å². The molecule has 0 aromatic heterocycles. The average molecular weight is 237 g/mol. The fourth-order valence-corrected chi connectivity index (χ4v) is 0. The van der Waals surface area contributed by atoms with Crippen LogP contribution in [0.1, 0.15) is 6.92 Å². The van der Waals surface area contributed by atoms with Gasteiger partial charge in [0.25, 0.3) is 0 Å². The van der Waals surface area contributed by atoms with Gasteiger partial charge in [-0.3, -0.25) is 0 Å². The minimum Gasteiger partial charge on any atom is -0.0931 e. The standard InChI is InChI=1S/C2H5Br.Te/c1-2-3;/h2H2,1H3;. The van der Waals surface area contributed by atoms with Crippen LogP contribution in [0.5, 0.6) is 0 Å². The van der Waals surface area contributed by atoms with Gasteiger partial charge in [0.1, 0.15) is 0 Å². The van der Waals surface area contributed by atoms with Gasteiger partial charge in [0.05, 0.1) is 0 Å². The molecule has 0 heterocycles. The second-order valence-electron chi connectivity index (χ2n) is 0.267. The first-order valence-corrected chi connectivity index (χ1v) is 2.10. The third kappa shape index (κ3) is 10.4. The summed E-state index contributed by atoms with van der Waals surface area (Å²) in [6, 6.07) is 0. The monoisotopic (exact) mass is 238 g/mol. The summed E-state index contributed by atoms with van der Waals surface area (Å²) in [6.07, 6.45) is 0. The zero-order chi connectivity index (χ0) is 2.71. The first-order valence-electron chi connectivity index (χ1n) is 0.974. The molecular formula is C2H5BrTe. The molecule has 0 nitrogen and oxygen atoms in total. The van der Waals surface area contributed by atoms with Gasteiger partial charge in [0.2, 0.25) is 0 Å². The van der Waals surface area contributed by atoms with Gasteiger partial charge in [-0.15, -0.1) is 0 Å². The topological polar surface area (TPSA) is 0 Å². The van der Waals surface area contributed by atoms with Gasteiger partial charge in [0.15, 0.2) is 0 Å². The number of halogens is 1. The molecule has 0 aliphatic rings. The number of hydrogen-bond acceptors (Lipinski definition) is 0. The van der Waals surface area contributed by atoms with Crippen molar-refractivity contribution in [3.63, 3.8) is 0 Å². The molecule has 0 unspecified atom stereocenters. The van der Waals surface area contributed by atoms with E-state index in [0.29, 0.717) is 0 Å². The van der Waals surface area contributed by atoms with Crippen LogP contribution in [0.25, 0.3) is 0 Å². The van der Waals surface area contributed by atoms with Gasteiger partial charge in [-0.05, 0) is 0 Å². The molecule has 0 saturated heterocycles. The molecule has 0 aromatic rings. The molecule has 0 bridgehead atoms. The van der Waals surface area contributed by atoms with Crippen molar-refractivity contribution in [2.45, 2.75) is 6.92 Å². The molecule has 0 atom stereocenters. The first kappa shape index (κ1) is 8.99. The molecule has 26 valence electrons. The molecule has 0 rings (SSSR count). The smallest absolute Gasteiger partial charge is 0.000281 e. The Labute approximate surface area is 51.8 Å². The molecule has 0 N–H and O–H groups in total. The molecule has 0 amide bonds. The van der Waals surface area contributed by atoms with Crippen molar-refractivity contribution in [3.05, 3.63) is 0 Å². The van der Waals surface area contributed by atoms with Gasteiger partial charge in [0, 0.05) is 29.0 Å². The maximum Gasteiger partial charge on any atom is 0.000281 e. The Morgan fingerprint density at radius 3 is 1.75 bits per heavy atom. The van der Waals surface area contributed by atoms with Crippen molar-refractivity contribution < 1.29 is 0 Å². The van der Waals surface area contributed by atoms with Crippen molar-refractivity contribution in [1.82, 2.24) is 0 Å². The second kappa shape index (κ2) is 8.86. The van der Waals surface area contributed by atoms with Crippen molar-refractivity contribution in [2.24, 2.45) is 0 Å². The number of rotatable bonds is 0. The van der Waals surface area contributed by atoms with E-state index in [2.05, 4.69) is 15.9 Å². The van der Waals surface area contributed by atoms with Gasteiger partial charge in [-0.1, -0.05) is 22.9 Å². The summed E-state index contributed by atoms with van der Waals surface area (Å²) in [7, 11) is 0. The molecule has 0 spiro atoms. The fraction of sp³-hybridized carbons (Fsp3) is 1.00. The summed E-state index contributed by atoms with van der Waals surface area (Å²) in [5.41, 5.74) is 0. The molecule has 2 radical (unpaired) electrons. The van der Waals surface area contributed by atoms with Crippen LogP contribution in [0, 0.1) is 0 Å². The second-order valence-corrected chi connectivity index (χ2v) is 1.39. The molecule has 0 aliphatic carbocycles. The summed E-state index contributed by atoms with van der Waals surface area (Å²) in [4.78, 5) is 0. The van der Waals surface area contributed by atoms with E-state index in [9.17, 15) is 0 Å². The molecule has 0 fully saturated rings. The van der Waals surface area contributed by atoms with Crippen LogP contribution in [0.3, 0.4) is 0 Å². The van der Waals surface area contributed by atoms with Gasteiger partial charge >= 0.3 is 0 Å². The third-order valence-corrected chi connectivity index (χ3v) is 0. The van der Waals surface area contributed by atoms with Crippen LogP contribution in [0.2, 0.25) is 0 Å². The minimum atomic E-state index is 0. The van der Waals surface area contributed by atoms with E-state index >= 15 is 0 Å². The van der Waals surface area contributed by atoms with Gasteiger partial charge < -0.3 is 0 Å². The normalized spacial score (nSPS) is 4.50. The third-order valence-electron chi connectivity index (χ3n) is 0. The Morgan fingerprint density at radius 1 is 1.75 bits per heavy atom. The van der Waals surface area contributed by atoms with E-state index in [-0.39, 0.29) is 23.7 Å². The Kier molecular flexibility index (Phi) is 19.9. The molecule has 0 aliphatic heterocycles. The quantitative estimate of drug-likeness (QED) is 0.435. The van der Waals surface area contributed by atoms with Crippen LogP contribution in [0.15, 0.2) is 0 Å². The van der Waals surface area contributed by atoms with Crippen molar-refractivity contribution in [2.75, 3.05) is 5.33 Å². The van der Waals surface area contributed by atoms with Crippen molar-refractivity contribution >= 4 is 39.6 Å². The summed E-state index contributed by atoms with van der Waals surface area (Å²) in [5, 5.41) is 1.06. The Hall–Kier alpha value is 1.27. The Bertz CT molecular complexity index is 6.00. The first-order chi connectivity index (χ1) is 1.41. The van der Waals surface area contributed by atoms with Crippen molar-refractivity contribution in [3.8, 4) is 0 Å². The molecular weight excluding hydrogens is 232 g/mol. The van der Waals surface area contributed by atoms with Crippen LogP contribution in [0.4, 0.5) is 0 Å². The maximum atomic E-state index is 3.15. The Morgan fingerprint density at radius 2 is 1.75 bits per heavy atom. The maximum absolute atomic E-state index is 3.15. The number of hydrogen-bond donors (Lipinski definition) is 0. The van der Waals surface area contributed by atoms with E-state index in [1.807, 2.05) is 6.92 Å². The fourth-order valence-electron chi connectivity index (χ4n) is 0. The largest absolute Gasteiger partial charge is 0.0931 e. The summed E-state index contributed by atoms with van der Waals surface area (Å²) >= 11 is 3.15. The zero-order valence-electron chi connectivity index (χ0n) is 2.49. The summed E-state index contributed by atoms with van der Waals surface area (Å²) in [6.45, 7) is 2.04. The van der Waals surface area contributed by atoms with Crippen LogP contribution in [-0.2, 0) is 0 Å². The molecule has 2 heteroatoms. The van der Waals surface area contributed by atoms with Crippen LogP contribution < -0.4 is 0 Å². The van der Waals surface area contributed by atoms with Gasteiger partial charge in [-0.25, -0.2) is 0 Å². The van der Waals surface area contributed by atoms with E-state index in [4.69, 9.17) is 0 Å². The number of alkyl halides is 1. The Balaban J connectivity index is 0. The van der Waals surface area contributed by atoms with Gasteiger partial charge in [-0.2, -0.15) is 0 Å². The van der Waals surface area contributed by atoms with Crippen LogP contribution >= 0.6 is 15.9 Å². The summed E-state index contributed by atoms with van der Waals surface area (Å²) in [5.74, 6) is 0. The predicted octanol–water partition coefficient (Wildman–Crippen LogP) is 1.02. The summed E-state index contributed by atoms with van der Waals surface area (Å²) < 4.78 is 0. The van der Waals surface area contributed by atoms with E-state index in [1.54, 1.807) is 0 Å².